The maximum atomic E-state index is 12.3. The summed E-state index contributed by atoms with van der Waals surface area (Å²) in [7, 11) is -3.64. The zero-order valence-electron chi connectivity index (χ0n) is 10.9. The summed E-state index contributed by atoms with van der Waals surface area (Å²) in [5, 5.41) is 2.71. The van der Waals surface area contributed by atoms with E-state index in [1.165, 1.54) is 6.07 Å². The predicted molar refractivity (Wildman–Crippen MR) is 79.6 cm³/mol. The lowest BCUT2D eigenvalue weighted by molar-refractivity contribution is -0.119. The molecule has 1 amide bonds. The van der Waals surface area contributed by atoms with Crippen LogP contribution in [-0.2, 0) is 14.8 Å². The Morgan fingerprint density at radius 3 is 2.80 bits per heavy atom. The van der Waals surface area contributed by atoms with Crippen molar-refractivity contribution in [2.45, 2.75) is 30.7 Å². The fourth-order valence-corrected chi connectivity index (χ4v) is 3.88. The molecule has 1 aliphatic heterocycles. The summed E-state index contributed by atoms with van der Waals surface area (Å²) in [5.74, 6) is -0.0433. The van der Waals surface area contributed by atoms with E-state index in [1.54, 1.807) is 13.0 Å². The molecule has 110 valence electrons. The number of hydrogen-bond acceptors (Lipinski definition) is 4. The van der Waals surface area contributed by atoms with Crippen molar-refractivity contribution in [3.05, 3.63) is 22.2 Å². The Bertz CT molecular complexity index is 646. The van der Waals surface area contributed by atoms with E-state index in [0.717, 1.165) is 0 Å². The molecule has 1 heterocycles. The lowest BCUT2D eigenvalue weighted by atomic mass is 10.2. The van der Waals surface area contributed by atoms with Crippen LogP contribution < -0.4 is 15.8 Å². The first-order chi connectivity index (χ1) is 9.29. The number of benzene rings is 1. The number of nitrogen functional groups attached to an aromatic ring is 1. The molecular formula is C12H16BrN3O3S. The zero-order valence-corrected chi connectivity index (χ0v) is 13.3. The average Bonchev–Trinajstić information content (AvgIpc) is 2.77. The van der Waals surface area contributed by atoms with Gasteiger partial charge in [0.25, 0.3) is 0 Å². The molecule has 20 heavy (non-hydrogen) atoms. The Hall–Kier alpha value is -1.12. The lowest BCUT2D eigenvalue weighted by Gasteiger charge is -2.14. The fraction of sp³-hybridized carbons (Fsp3) is 0.417. The van der Waals surface area contributed by atoms with Crippen molar-refractivity contribution in [2.24, 2.45) is 0 Å². The first kappa shape index (κ1) is 15.3. The molecule has 4 N–H and O–H groups in total. The molecule has 0 spiro atoms. The molecule has 0 aromatic heterocycles. The van der Waals surface area contributed by atoms with Crippen LogP contribution in [-0.4, -0.2) is 26.9 Å². The van der Waals surface area contributed by atoms with Gasteiger partial charge >= 0.3 is 0 Å². The van der Waals surface area contributed by atoms with Crippen molar-refractivity contribution in [3.63, 3.8) is 0 Å². The molecule has 6 nitrogen and oxygen atoms in total. The van der Waals surface area contributed by atoms with Crippen molar-refractivity contribution in [1.82, 2.24) is 10.0 Å². The quantitative estimate of drug-likeness (QED) is 0.693. The molecule has 1 aromatic rings. The Balaban J connectivity index is 2.14. The molecule has 1 atom stereocenters. The van der Waals surface area contributed by atoms with Gasteiger partial charge in [-0.15, -0.1) is 0 Å². The van der Waals surface area contributed by atoms with Crippen LogP contribution in [0.2, 0.25) is 0 Å². The second-order valence-corrected chi connectivity index (χ2v) is 7.38. The maximum absolute atomic E-state index is 12.3. The normalized spacial score (nSPS) is 19.1. The number of nitrogens with two attached hydrogens (primary N) is 1. The van der Waals surface area contributed by atoms with E-state index in [1.807, 2.05) is 0 Å². The van der Waals surface area contributed by atoms with Gasteiger partial charge in [-0.1, -0.05) is 0 Å². The minimum absolute atomic E-state index is 0.0433. The van der Waals surface area contributed by atoms with Crippen LogP contribution in [0.4, 0.5) is 5.69 Å². The van der Waals surface area contributed by atoms with Crippen molar-refractivity contribution < 1.29 is 13.2 Å². The minimum atomic E-state index is -3.64. The molecule has 1 saturated heterocycles. The third-order valence-corrected chi connectivity index (χ3v) is 5.44. The van der Waals surface area contributed by atoms with Crippen molar-refractivity contribution >= 4 is 37.5 Å². The van der Waals surface area contributed by atoms with Gasteiger partial charge in [0.2, 0.25) is 15.9 Å². The molecule has 1 aliphatic rings. The van der Waals surface area contributed by atoms with Gasteiger partial charge in [0.1, 0.15) is 0 Å². The number of aryl methyl sites for hydroxylation is 1. The summed E-state index contributed by atoms with van der Waals surface area (Å²) in [4.78, 5) is 11.2. The number of nitrogens with one attached hydrogen (secondary N) is 2. The Kier molecular flexibility index (Phi) is 4.36. The number of hydrogen-bond donors (Lipinski definition) is 3. The Morgan fingerprint density at radius 1 is 1.50 bits per heavy atom. The van der Waals surface area contributed by atoms with Crippen LogP contribution in [0.1, 0.15) is 18.4 Å². The van der Waals surface area contributed by atoms with Crippen molar-refractivity contribution in [2.75, 3.05) is 12.3 Å². The molecule has 1 aromatic carbocycles. The molecule has 2 rings (SSSR count). The van der Waals surface area contributed by atoms with Gasteiger partial charge < -0.3 is 11.1 Å². The van der Waals surface area contributed by atoms with Gasteiger partial charge in [-0.2, -0.15) is 0 Å². The van der Waals surface area contributed by atoms with Gasteiger partial charge in [-0.05, 0) is 47.0 Å². The molecule has 1 fully saturated rings. The SMILES string of the molecule is Cc1cc(Br)c(N)cc1S(=O)(=O)NCC1CCC(=O)N1. The van der Waals surface area contributed by atoms with Crippen LogP contribution in [0, 0.1) is 6.92 Å². The number of carbonyl (C=O) groups is 1. The van der Waals surface area contributed by atoms with Gasteiger partial charge in [-0.25, -0.2) is 13.1 Å². The van der Waals surface area contributed by atoms with E-state index in [4.69, 9.17) is 5.73 Å². The van der Waals surface area contributed by atoms with E-state index in [-0.39, 0.29) is 23.4 Å². The Labute approximate surface area is 126 Å². The Morgan fingerprint density at radius 2 is 2.20 bits per heavy atom. The number of anilines is 1. The van der Waals surface area contributed by atoms with Gasteiger partial charge in [0, 0.05) is 29.2 Å². The van der Waals surface area contributed by atoms with E-state index < -0.39 is 10.0 Å². The highest BCUT2D eigenvalue weighted by Gasteiger charge is 2.24. The highest BCUT2D eigenvalue weighted by molar-refractivity contribution is 9.10. The molecule has 1 unspecified atom stereocenters. The number of sulfonamides is 1. The largest absolute Gasteiger partial charge is 0.398 e. The second kappa shape index (κ2) is 5.71. The van der Waals surface area contributed by atoms with E-state index >= 15 is 0 Å². The molecule has 0 radical (unpaired) electrons. The first-order valence-electron chi connectivity index (χ1n) is 6.14. The molecule has 0 saturated carbocycles. The van der Waals surface area contributed by atoms with E-state index in [0.29, 0.717) is 28.6 Å². The van der Waals surface area contributed by atoms with E-state index in [9.17, 15) is 13.2 Å². The van der Waals surface area contributed by atoms with Gasteiger partial charge in [0.05, 0.1) is 4.90 Å². The summed E-state index contributed by atoms with van der Waals surface area (Å²) < 4.78 is 27.7. The first-order valence-corrected chi connectivity index (χ1v) is 8.42. The second-order valence-electron chi connectivity index (χ2n) is 4.79. The van der Waals surface area contributed by atoms with Crippen LogP contribution >= 0.6 is 15.9 Å². The minimum Gasteiger partial charge on any atom is -0.398 e. The van der Waals surface area contributed by atoms with Crippen LogP contribution in [0.5, 0.6) is 0 Å². The highest BCUT2D eigenvalue weighted by Crippen LogP contribution is 2.26. The summed E-state index contributed by atoms with van der Waals surface area (Å²) in [6, 6.07) is 2.95. The van der Waals surface area contributed by atoms with Gasteiger partial charge in [0.15, 0.2) is 0 Å². The number of rotatable bonds is 4. The van der Waals surface area contributed by atoms with E-state index in [2.05, 4.69) is 26.0 Å². The van der Waals surface area contributed by atoms with Crippen LogP contribution in [0.3, 0.4) is 0 Å². The third kappa shape index (κ3) is 3.31. The fourth-order valence-electron chi connectivity index (χ4n) is 2.08. The smallest absolute Gasteiger partial charge is 0.240 e. The number of halogens is 1. The summed E-state index contributed by atoms with van der Waals surface area (Å²) in [6.45, 7) is 1.89. The number of amides is 1. The highest BCUT2D eigenvalue weighted by atomic mass is 79.9. The van der Waals surface area contributed by atoms with Crippen molar-refractivity contribution in [3.8, 4) is 0 Å². The summed E-state index contributed by atoms with van der Waals surface area (Å²) >= 11 is 3.26. The summed E-state index contributed by atoms with van der Waals surface area (Å²) in [5.41, 5.74) is 6.70. The number of carbonyl (C=O) groups excluding carboxylic acids is 1. The van der Waals surface area contributed by atoms with Crippen LogP contribution in [0.15, 0.2) is 21.5 Å². The third-order valence-electron chi connectivity index (χ3n) is 3.19. The van der Waals surface area contributed by atoms with Crippen molar-refractivity contribution in [1.29, 1.82) is 0 Å². The standard InChI is InChI=1S/C12H16BrN3O3S/c1-7-4-9(13)10(14)5-11(7)20(18,19)15-6-8-2-3-12(17)16-8/h4-5,8,15H,2-3,6,14H2,1H3,(H,16,17). The molecule has 0 aliphatic carbocycles. The van der Waals surface area contributed by atoms with Crippen LogP contribution in [0.25, 0.3) is 0 Å². The molecule has 8 heteroatoms. The lowest BCUT2D eigenvalue weighted by Crippen LogP contribution is -2.38. The summed E-state index contributed by atoms with van der Waals surface area (Å²) in [6.07, 6.45) is 1.08. The maximum Gasteiger partial charge on any atom is 0.240 e. The van der Waals surface area contributed by atoms with Gasteiger partial charge in [-0.3, -0.25) is 4.79 Å². The molecular weight excluding hydrogens is 346 g/mol. The zero-order chi connectivity index (χ0) is 14.9. The average molecular weight is 362 g/mol. The molecule has 0 bridgehead atoms. The topological polar surface area (TPSA) is 101 Å². The predicted octanol–water partition coefficient (Wildman–Crippen LogP) is 0.897. The monoisotopic (exact) mass is 361 g/mol.